The van der Waals surface area contributed by atoms with Crippen molar-refractivity contribution in [2.45, 2.75) is 24.8 Å². The van der Waals surface area contributed by atoms with Gasteiger partial charge in [-0.05, 0) is 25.0 Å². The number of benzene rings is 1. The van der Waals surface area contributed by atoms with Gasteiger partial charge in [0.2, 0.25) is 5.91 Å². The summed E-state index contributed by atoms with van der Waals surface area (Å²) in [6.07, 6.45) is 7.09. The molecule has 0 bridgehead atoms. The number of rotatable bonds is 2. The molecule has 0 aliphatic carbocycles. The van der Waals surface area contributed by atoms with Gasteiger partial charge in [-0.15, -0.1) is 0 Å². The van der Waals surface area contributed by atoms with Gasteiger partial charge in [-0.25, -0.2) is 9.97 Å². The third kappa shape index (κ3) is 2.41. The van der Waals surface area contributed by atoms with Crippen LogP contribution in [0.15, 0.2) is 49.1 Å². The standard InChI is InChI=1S/C21H20N6O2/c1-13-11-24-16(12-23-13)19(28)27-9-7-21(17(27)18-22-8-10-26(18)2)14-5-3-4-6-15(14)25-20(21)29/h3-6,8,10-12,17H,7,9H2,1-2H3,(H,25,29)/t17-,21+/m0/s1. The Hall–Kier alpha value is -3.55. The quantitative estimate of drug-likeness (QED) is 0.725. The lowest BCUT2D eigenvalue weighted by Gasteiger charge is -2.33. The Labute approximate surface area is 167 Å². The highest BCUT2D eigenvalue weighted by Gasteiger charge is 2.60. The van der Waals surface area contributed by atoms with Crippen molar-refractivity contribution in [2.75, 3.05) is 11.9 Å². The molecule has 29 heavy (non-hydrogen) atoms. The minimum atomic E-state index is -0.885. The molecule has 1 spiro atoms. The lowest BCUT2D eigenvalue weighted by Crippen LogP contribution is -2.44. The molecule has 1 N–H and O–H groups in total. The van der Waals surface area contributed by atoms with Crippen molar-refractivity contribution in [1.82, 2.24) is 24.4 Å². The molecule has 5 rings (SSSR count). The monoisotopic (exact) mass is 388 g/mol. The summed E-state index contributed by atoms with van der Waals surface area (Å²) in [5.74, 6) is 0.319. The maximum atomic E-state index is 13.4. The van der Waals surface area contributed by atoms with Crippen LogP contribution in [0.4, 0.5) is 5.69 Å². The molecule has 146 valence electrons. The molecule has 2 aliphatic heterocycles. The molecule has 1 aromatic carbocycles. The Morgan fingerprint density at radius 2 is 2.03 bits per heavy atom. The molecule has 4 heterocycles. The first-order valence-corrected chi connectivity index (χ1v) is 9.50. The van der Waals surface area contributed by atoms with Crippen molar-refractivity contribution in [3.8, 4) is 0 Å². The van der Waals surface area contributed by atoms with Crippen LogP contribution in [0.3, 0.4) is 0 Å². The zero-order valence-electron chi connectivity index (χ0n) is 16.2. The number of hydrogen-bond acceptors (Lipinski definition) is 5. The molecule has 8 heteroatoms. The zero-order chi connectivity index (χ0) is 20.2. The Balaban J connectivity index is 1.67. The van der Waals surface area contributed by atoms with Gasteiger partial charge in [0, 0.05) is 37.9 Å². The van der Waals surface area contributed by atoms with E-state index < -0.39 is 11.5 Å². The number of nitrogens with zero attached hydrogens (tertiary/aromatic N) is 5. The van der Waals surface area contributed by atoms with Crippen molar-refractivity contribution >= 4 is 17.5 Å². The lowest BCUT2D eigenvalue weighted by atomic mass is 9.74. The van der Waals surface area contributed by atoms with E-state index in [1.54, 1.807) is 17.3 Å². The summed E-state index contributed by atoms with van der Waals surface area (Å²) in [5, 5.41) is 3.01. The minimum Gasteiger partial charge on any atom is -0.336 e. The number of aromatic nitrogens is 4. The first kappa shape index (κ1) is 17.5. The Morgan fingerprint density at radius 3 is 2.76 bits per heavy atom. The van der Waals surface area contributed by atoms with Crippen LogP contribution in [-0.4, -0.2) is 42.8 Å². The third-order valence-electron chi connectivity index (χ3n) is 5.95. The summed E-state index contributed by atoms with van der Waals surface area (Å²) in [6, 6.07) is 7.14. The van der Waals surface area contributed by atoms with E-state index in [1.165, 1.54) is 6.20 Å². The van der Waals surface area contributed by atoms with Crippen molar-refractivity contribution in [2.24, 2.45) is 7.05 Å². The van der Waals surface area contributed by atoms with Crippen molar-refractivity contribution in [3.05, 3.63) is 71.8 Å². The number of carbonyl (C=O) groups is 2. The van der Waals surface area contributed by atoms with Crippen LogP contribution in [0, 0.1) is 6.92 Å². The number of para-hydroxylation sites is 1. The summed E-state index contributed by atoms with van der Waals surface area (Å²) in [4.78, 5) is 41.4. The molecular formula is C21H20N6O2. The summed E-state index contributed by atoms with van der Waals surface area (Å²) >= 11 is 0. The normalized spacial score (nSPS) is 22.8. The topological polar surface area (TPSA) is 93.0 Å². The maximum absolute atomic E-state index is 13.4. The first-order valence-electron chi connectivity index (χ1n) is 9.50. The van der Waals surface area contributed by atoms with Crippen LogP contribution >= 0.6 is 0 Å². The van der Waals surface area contributed by atoms with Crippen LogP contribution in [0.1, 0.15) is 40.0 Å². The van der Waals surface area contributed by atoms with E-state index in [9.17, 15) is 9.59 Å². The van der Waals surface area contributed by atoms with E-state index >= 15 is 0 Å². The highest BCUT2D eigenvalue weighted by molar-refractivity contribution is 6.08. The Morgan fingerprint density at radius 1 is 1.21 bits per heavy atom. The summed E-state index contributed by atoms with van der Waals surface area (Å²) in [6.45, 7) is 2.25. The molecular weight excluding hydrogens is 368 g/mol. The molecule has 0 radical (unpaired) electrons. The number of imidazole rings is 1. The minimum absolute atomic E-state index is 0.100. The SMILES string of the molecule is Cc1cnc(C(=O)N2CC[C@]3(C(=O)Nc4ccccc43)[C@@H]2c2nccn2C)cn1. The fraction of sp³-hybridized carbons (Fsp3) is 0.286. The van der Waals surface area contributed by atoms with Gasteiger partial charge in [-0.2, -0.15) is 0 Å². The van der Waals surface area contributed by atoms with Crippen LogP contribution in [0.2, 0.25) is 0 Å². The molecule has 1 saturated heterocycles. The first-order chi connectivity index (χ1) is 14.0. The average molecular weight is 388 g/mol. The highest BCUT2D eigenvalue weighted by Crippen LogP contribution is 2.54. The molecule has 0 unspecified atom stereocenters. The molecule has 8 nitrogen and oxygen atoms in total. The van der Waals surface area contributed by atoms with Gasteiger partial charge in [0.05, 0.1) is 11.9 Å². The molecule has 3 aromatic rings. The summed E-state index contributed by atoms with van der Waals surface area (Å²) in [7, 11) is 1.88. The molecule has 2 aromatic heterocycles. The number of aryl methyl sites for hydroxylation is 2. The van der Waals surface area contributed by atoms with Gasteiger partial charge in [0.1, 0.15) is 23.0 Å². The smallest absolute Gasteiger partial charge is 0.274 e. The Bertz CT molecular complexity index is 1120. The van der Waals surface area contributed by atoms with Crippen molar-refractivity contribution < 1.29 is 9.59 Å². The van der Waals surface area contributed by atoms with Crippen molar-refractivity contribution in [3.63, 3.8) is 0 Å². The molecule has 2 amide bonds. The van der Waals surface area contributed by atoms with Crippen LogP contribution in [0.25, 0.3) is 0 Å². The van der Waals surface area contributed by atoms with Gasteiger partial charge >= 0.3 is 0 Å². The number of carbonyl (C=O) groups excluding carboxylic acids is 2. The molecule has 2 aliphatic rings. The van der Waals surface area contributed by atoms with E-state index in [0.717, 1.165) is 16.9 Å². The summed E-state index contributed by atoms with van der Waals surface area (Å²) in [5.41, 5.74) is 1.82. The van der Waals surface area contributed by atoms with E-state index in [1.807, 2.05) is 49.0 Å². The van der Waals surface area contributed by atoms with Crippen LogP contribution < -0.4 is 5.32 Å². The Kier molecular flexibility index (Phi) is 3.77. The lowest BCUT2D eigenvalue weighted by molar-refractivity contribution is -0.121. The number of fused-ring (bicyclic) bond motifs is 2. The maximum Gasteiger partial charge on any atom is 0.274 e. The second kappa shape index (κ2) is 6.23. The number of anilines is 1. The number of likely N-dealkylation sites (tertiary alicyclic amines) is 1. The van der Waals surface area contributed by atoms with E-state index in [4.69, 9.17) is 0 Å². The molecule has 0 saturated carbocycles. The number of hydrogen-bond donors (Lipinski definition) is 1. The fourth-order valence-corrected chi connectivity index (χ4v) is 4.55. The van der Waals surface area contributed by atoms with Gasteiger partial charge in [0.15, 0.2) is 0 Å². The van der Waals surface area contributed by atoms with Gasteiger partial charge in [-0.3, -0.25) is 14.6 Å². The van der Waals surface area contributed by atoms with Gasteiger partial charge in [-0.1, -0.05) is 18.2 Å². The zero-order valence-corrected chi connectivity index (χ0v) is 16.2. The largest absolute Gasteiger partial charge is 0.336 e. The van der Waals surface area contributed by atoms with E-state index in [2.05, 4.69) is 20.3 Å². The van der Waals surface area contributed by atoms with Gasteiger partial charge < -0.3 is 14.8 Å². The average Bonchev–Trinajstić information content (AvgIpc) is 3.39. The predicted octanol–water partition coefficient (Wildman–Crippen LogP) is 2.00. The predicted molar refractivity (Wildman–Crippen MR) is 105 cm³/mol. The molecule has 1 fully saturated rings. The number of nitrogens with one attached hydrogen (secondary N) is 1. The fourth-order valence-electron chi connectivity index (χ4n) is 4.55. The van der Waals surface area contributed by atoms with E-state index in [-0.39, 0.29) is 17.5 Å². The number of amides is 2. The molecule has 2 atom stereocenters. The van der Waals surface area contributed by atoms with E-state index in [0.29, 0.717) is 18.8 Å². The summed E-state index contributed by atoms with van der Waals surface area (Å²) < 4.78 is 1.87. The van der Waals surface area contributed by atoms with Crippen LogP contribution in [-0.2, 0) is 17.3 Å². The third-order valence-corrected chi connectivity index (χ3v) is 5.95. The second-order valence-corrected chi connectivity index (χ2v) is 7.56. The van der Waals surface area contributed by atoms with Gasteiger partial charge in [0.25, 0.3) is 5.91 Å². The highest BCUT2D eigenvalue weighted by atomic mass is 16.2. The second-order valence-electron chi connectivity index (χ2n) is 7.56. The van der Waals surface area contributed by atoms with Crippen LogP contribution in [0.5, 0.6) is 0 Å². The van der Waals surface area contributed by atoms with Crippen molar-refractivity contribution in [1.29, 1.82) is 0 Å².